The Morgan fingerprint density at radius 2 is 2.40 bits per heavy atom. The van der Waals surface area contributed by atoms with Gasteiger partial charge in [-0.1, -0.05) is 18.9 Å². The minimum Gasteiger partial charge on any atom is -0.481 e. The Bertz CT molecular complexity index is 323. The number of pyridine rings is 1. The molecule has 1 unspecified atom stereocenters. The summed E-state index contributed by atoms with van der Waals surface area (Å²) in [6.45, 7) is 0. The molecule has 0 saturated heterocycles. The lowest BCUT2D eigenvalue weighted by Crippen LogP contribution is -2.12. The van der Waals surface area contributed by atoms with Crippen LogP contribution in [0, 0.1) is 5.92 Å². The fourth-order valence-corrected chi connectivity index (χ4v) is 1.83. The fourth-order valence-electron chi connectivity index (χ4n) is 1.83. The van der Waals surface area contributed by atoms with Crippen molar-refractivity contribution in [1.82, 2.24) is 4.98 Å². The first-order chi connectivity index (χ1) is 7.31. The van der Waals surface area contributed by atoms with Gasteiger partial charge in [-0.2, -0.15) is 0 Å². The van der Waals surface area contributed by atoms with Gasteiger partial charge in [-0.25, -0.2) is 4.98 Å². The van der Waals surface area contributed by atoms with Gasteiger partial charge in [-0.3, -0.25) is 0 Å². The minimum atomic E-state index is 0.0641. The standard InChI is InChI=1S/C12H18N2O/c1-15-12-10(3-2-8-14-12)11(13)7-6-9-4-5-9/h2-3,8-9,11H,4-7,13H2,1H3. The van der Waals surface area contributed by atoms with Gasteiger partial charge in [0.2, 0.25) is 5.88 Å². The Labute approximate surface area is 90.7 Å². The monoisotopic (exact) mass is 206 g/mol. The SMILES string of the molecule is COc1ncccc1C(N)CCC1CC1. The van der Waals surface area contributed by atoms with Crippen LogP contribution in [0.15, 0.2) is 18.3 Å². The van der Waals surface area contributed by atoms with Crippen LogP contribution >= 0.6 is 0 Å². The third-order valence-corrected chi connectivity index (χ3v) is 2.98. The van der Waals surface area contributed by atoms with Gasteiger partial charge < -0.3 is 10.5 Å². The molecule has 1 atom stereocenters. The highest BCUT2D eigenvalue weighted by atomic mass is 16.5. The first-order valence-corrected chi connectivity index (χ1v) is 5.55. The Kier molecular flexibility index (Phi) is 3.21. The van der Waals surface area contributed by atoms with Gasteiger partial charge >= 0.3 is 0 Å². The van der Waals surface area contributed by atoms with E-state index in [1.54, 1.807) is 13.3 Å². The van der Waals surface area contributed by atoms with Crippen molar-refractivity contribution in [3.63, 3.8) is 0 Å². The van der Waals surface area contributed by atoms with Gasteiger partial charge in [0, 0.05) is 17.8 Å². The summed E-state index contributed by atoms with van der Waals surface area (Å²) in [5.74, 6) is 1.60. The average Bonchev–Trinajstić information content (AvgIpc) is 3.09. The second-order valence-electron chi connectivity index (χ2n) is 4.23. The van der Waals surface area contributed by atoms with Crippen molar-refractivity contribution >= 4 is 0 Å². The number of aromatic nitrogens is 1. The van der Waals surface area contributed by atoms with E-state index < -0.39 is 0 Å². The third-order valence-electron chi connectivity index (χ3n) is 2.98. The van der Waals surface area contributed by atoms with Gasteiger partial charge in [0.15, 0.2) is 0 Å². The highest BCUT2D eigenvalue weighted by molar-refractivity contribution is 5.28. The van der Waals surface area contributed by atoms with Crippen LogP contribution in [0.2, 0.25) is 0 Å². The van der Waals surface area contributed by atoms with Crippen molar-refractivity contribution in [3.8, 4) is 5.88 Å². The highest BCUT2D eigenvalue weighted by Gasteiger charge is 2.22. The van der Waals surface area contributed by atoms with Crippen LogP contribution in [-0.4, -0.2) is 12.1 Å². The predicted molar refractivity (Wildman–Crippen MR) is 59.7 cm³/mol. The molecule has 15 heavy (non-hydrogen) atoms. The zero-order valence-corrected chi connectivity index (χ0v) is 9.15. The molecular formula is C12H18N2O. The molecule has 3 nitrogen and oxygen atoms in total. The summed E-state index contributed by atoms with van der Waals surface area (Å²) in [5, 5.41) is 0. The van der Waals surface area contributed by atoms with E-state index in [4.69, 9.17) is 10.5 Å². The zero-order chi connectivity index (χ0) is 10.7. The molecule has 0 amide bonds. The Balaban J connectivity index is 1.98. The number of ether oxygens (including phenoxy) is 1. The van der Waals surface area contributed by atoms with Crippen LogP contribution in [-0.2, 0) is 0 Å². The van der Waals surface area contributed by atoms with E-state index in [-0.39, 0.29) is 6.04 Å². The normalized spacial score (nSPS) is 17.5. The summed E-state index contributed by atoms with van der Waals surface area (Å²) in [4.78, 5) is 4.16. The van der Waals surface area contributed by atoms with E-state index >= 15 is 0 Å². The Morgan fingerprint density at radius 1 is 1.60 bits per heavy atom. The Hall–Kier alpha value is -1.09. The first-order valence-electron chi connectivity index (χ1n) is 5.55. The maximum absolute atomic E-state index is 6.13. The molecule has 2 N–H and O–H groups in total. The largest absolute Gasteiger partial charge is 0.481 e. The van der Waals surface area contributed by atoms with Crippen LogP contribution < -0.4 is 10.5 Å². The zero-order valence-electron chi connectivity index (χ0n) is 9.15. The lowest BCUT2D eigenvalue weighted by atomic mass is 10.0. The molecule has 1 fully saturated rings. The molecule has 1 saturated carbocycles. The Morgan fingerprint density at radius 3 is 3.07 bits per heavy atom. The number of nitrogens with zero attached hydrogens (tertiary/aromatic N) is 1. The maximum Gasteiger partial charge on any atom is 0.217 e. The average molecular weight is 206 g/mol. The van der Waals surface area contributed by atoms with Gasteiger partial charge in [0.1, 0.15) is 0 Å². The second-order valence-corrected chi connectivity index (χ2v) is 4.23. The molecule has 82 valence electrons. The summed E-state index contributed by atoms with van der Waals surface area (Å²) < 4.78 is 5.20. The van der Waals surface area contributed by atoms with Crippen molar-refractivity contribution in [1.29, 1.82) is 0 Å². The van der Waals surface area contributed by atoms with Gasteiger partial charge in [-0.05, 0) is 24.8 Å². The molecular weight excluding hydrogens is 188 g/mol. The summed E-state index contributed by atoms with van der Waals surface area (Å²) >= 11 is 0. The number of hydrogen-bond acceptors (Lipinski definition) is 3. The van der Waals surface area contributed by atoms with Crippen molar-refractivity contribution in [2.45, 2.75) is 31.7 Å². The molecule has 1 aliphatic carbocycles. The highest BCUT2D eigenvalue weighted by Crippen LogP contribution is 2.36. The van der Waals surface area contributed by atoms with E-state index in [9.17, 15) is 0 Å². The first kappa shape index (κ1) is 10.4. The van der Waals surface area contributed by atoms with Gasteiger partial charge in [-0.15, -0.1) is 0 Å². The molecule has 0 aromatic carbocycles. The molecule has 0 spiro atoms. The van der Waals surface area contributed by atoms with E-state index in [1.165, 1.54) is 19.3 Å². The molecule has 1 aliphatic rings. The van der Waals surface area contributed by atoms with E-state index in [0.717, 1.165) is 17.9 Å². The van der Waals surface area contributed by atoms with E-state index in [0.29, 0.717) is 5.88 Å². The summed E-state index contributed by atoms with van der Waals surface area (Å²) in [6.07, 6.45) is 6.77. The van der Waals surface area contributed by atoms with Gasteiger partial charge in [0.05, 0.1) is 7.11 Å². The van der Waals surface area contributed by atoms with Crippen LogP contribution in [0.25, 0.3) is 0 Å². The predicted octanol–water partition coefficient (Wildman–Crippen LogP) is 2.28. The molecule has 0 aliphatic heterocycles. The lowest BCUT2D eigenvalue weighted by Gasteiger charge is -2.14. The maximum atomic E-state index is 6.13. The van der Waals surface area contributed by atoms with Gasteiger partial charge in [0.25, 0.3) is 0 Å². The molecule has 3 heteroatoms. The van der Waals surface area contributed by atoms with Crippen molar-refractivity contribution in [2.75, 3.05) is 7.11 Å². The molecule has 1 aromatic rings. The van der Waals surface area contributed by atoms with Crippen LogP contribution in [0.5, 0.6) is 5.88 Å². The van der Waals surface area contributed by atoms with Crippen LogP contribution in [0.3, 0.4) is 0 Å². The number of methoxy groups -OCH3 is 1. The summed E-state index contributed by atoms with van der Waals surface area (Å²) in [7, 11) is 1.64. The molecule has 0 radical (unpaired) electrons. The van der Waals surface area contributed by atoms with E-state index in [1.807, 2.05) is 12.1 Å². The second kappa shape index (κ2) is 4.62. The summed E-state index contributed by atoms with van der Waals surface area (Å²) in [5.41, 5.74) is 7.16. The number of nitrogens with two attached hydrogens (primary N) is 1. The van der Waals surface area contributed by atoms with E-state index in [2.05, 4.69) is 4.98 Å². The third kappa shape index (κ3) is 2.69. The lowest BCUT2D eigenvalue weighted by molar-refractivity contribution is 0.386. The van der Waals surface area contributed by atoms with Crippen LogP contribution in [0.4, 0.5) is 0 Å². The number of rotatable bonds is 5. The summed E-state index contributed by atoms with van der Waals surface area (Å²) in [6, 6.07) is 3.98. The molecule has 1 heterocycles. The smallest absolute Gasteiger partial charge is 0.217 e. The molecule has 2 rings (SSSR count). The molecule has 0 bridgehead atoms. The fraction of sp³-hybridized carbons (Fsp3) is 0.583. The number of hydrogen-bond donors (Lipinski definition) is 1. The minimum absolute atomic E-state index is 0.0641. The quantitative estimate of drug-likeness (QED) is 0.804. The van der Waals surface area contributed by atoms with Crippen molar-refractivity contribution in [2.24, 2.45) is 11.7 Å². The van der Waals surface area contributed by atoms with Crippen LogP contribution in [0.1, 0.15) is 37.3 Å². The van der Waals surface area contributed by atoms with Crippen molar-refractivity contribution in [3.05, 3.63) is 23.9 Å². The topological polar surface area (TPSA) is 48.1 Å². The van der Waals surface area contributed by atoms with Crippen molar-refractivity contribution < 1.29 is 4.74 Å². The molecule has 1 aromatic heterocycles.